The quantitative estimate of drug-likeness (QED) is 0.163. The molecule has 0 saturated carbocycles. The molecule has 0 amide bonds. The third-order valence-corrected chi connectivity index (χ3v) is 11.2. The van der Waals surface area contributed by atoms with Gasteiger partial charge in [0.1, 0.15) is 22.3 Å². The van der Waals surface area contributed by atoms with Crippen LogP contribution in [0.2, 0.25) is 0 Å². The van der Waals surface area contributed by atoms with Crippen molar-refractivity contribution in [3.63, 3.8) is 0 Å². The van der Waals surface area contributed by atoms with Gasteiger partial charge in [-0.3, -0.25) is 4.98 Å². The Kier molecular flexibility index (Phi) is 35.7. The molecule has 0 bridgehead atoms. The molecule has 0 atom stereocenters. The Morgan fingerprint density at radius 3 is 1.41 bits per heavy atom. The number of fused-ring (bicyclic) bond motifs is 4. The number of thiophene rings is 4. The van der Waals surface area contributed by atoms with Crippen LogP contribution in [-0.4, -0.2) is 29.9 Å². The first-order valence-corrected chi connectivity index (χ1v) is 19.7. The van der Waals surface area contributed by atoms with E-state index in [-0.39, 0.29) is 161 Å². The van der Waals surface area contributed by atoms with E-state index in [2.05, 4.69) is 137 Å². The van der Waals surface area contributed by atoms with E-state index < -0.39 is 0 Å². The summed E-state index contributed by atoms with van der Waals surface area (Å²) in [5.41, 5.74) is 7.33. The molecule has 0 aliphatic heterocycles. The molecular formula is C42H54N6S4Y4-4. The maximum atomic E-state index is 4.30. The van der Waals surface area contributed by atoms with E-state index in [0.717, 1.165) is 32.1 Å². The molecule has 4 radical (unpaired) electrons. The van der Waals surface area contributed by atoms with Gasteiger partial charge in [-0.1, -0.05) is 55.4 Å². The fourth-order valence-corrected chi connectivity index (χ4v) is 8.74. The molecule has 0 aliphatic rings. The minimum absolute atomic E-state index is 0. The fourth-order valence-electron chi connectivity index (χ4n) is 5.24. The van der Waals surface area contributed by atoms with Crippen LogP contribution in [0, 0.1) is 29.7 Å². The SMILES string of the molecule is CC(C)c1ccnc2ccsc12.CC(C)c1ccnc2sccc12.CC(C)c1ncnc2ccsc12.CC(C)c1ncnc2sccc12.[CH3-].[CH3-].[CH3-].[CH3-].[Y].[Y].[Y].[Y]. The standard InChI is InChI=1S/2C10H11NS.2C9H10N2S.4CH3.4Y/c1-7(2)8-3-5-11-9-4-6-12-10(8)9;1-7(2)8-3-5-11-10-9(8)4-6-12-10;1-6(2)8-9-7(3-4-12-9)10-5-11-8;1-6(2)8-7-3-4-12-9(7)11-5-10-8;;;;;;;;/h2*3-7H,1-2H3;2*3-6H,1-2H3;4*1H3;;;;/q;;;;4*-1;;;;. The molecule has 0 aromatic carbocycles. The molecule has 0 fully saturated rings. The smallest absolute Gasteiger partial charge is 0.126 e. The number of hydrogen-bond donors (Lipinski definition) is 0. The molecule has 0 N–H and O–H groups in total. The second-order valence-electron chi connectivity index (χ2n) is 12.5. The van der Waals surface area contributed by atoms with Crippen LogP contribution in [0.25, 0.3) is 40.9 Å². The van der Waals surface area contributed by atoms with E-state index in [1.165, 1.54) is 31.3 Å². The van der Waals surface area contributed by atoms with Crippen molar-refractivity contribution in [2.45, 2.75) is 79.1 Å². The monoisotopic (exact) mass is 1130 g/mol. The first-order valence-electron chi connectivity index (χ1n) is 16.2. The predicted molar refractivity (Wildman–Crippen MR) is 236 cm³/mol. The van der Waals surface area contributed by atoms with Gasteiger partial charge in [0.25, 0.3) is 0 Å². The first-order chi connectivity index (χ1) is 23.2. The van der Waals surface area contributed by atoms with Crippen LogP contribution in [0.5, 0.6) is 0 Å². The zero-order valence-corrected chi connectivity index (χ0v) is 49.6. The second-order valence-corrected chi connectivity index (χ2v) is 16.1. The first kappa shape index (κ1) is 63.4. The molecule has 0 saturated heterocycles. The van der Waals surface area contributed by atoms with E-state index in [9.17, 15) is 0 Å². The minimum atomic E-state index is 0. The van der Waals surface area contributed by atoms with Crippen molar-refractivity contribution in [1.29, 1.82) is 0 Å². The summed E-state index contributed by atoms with van der Waals surface area (Å²) in [5, 5.41) is 10.8. The van der Waals surface area contributed by atoms with Gasteiger partial charge in [0, 0.05) is 154 Å². The Balaban J connectivity index is -0.000000307. The summed E-state index contributed by atoms with van der Waals surface area (Å²) in [6.45, 7) is 17.5. The molecule has 0 unspecified atom stereocenters. The van der Waals surface area contributed by atoms with Crippen molar-refractivity contribution in [2.24, 2.45) is 0 Å². The third-order valence-electron chi connectivity index (χ3n) is 7.68. The van der Waals surface area contributed by atoms with Gasteiger partial charge in [-0.15, -0.1) is 45.3 Å². The Hall–Kier alpha value is 0.716. The summed E-state index contributed by atoms with van der Waals surface area (Å²) in [7, 11) is 0. The summed E-state index contributed by atoms with van der Waals surface area (Å²) in [4.78, 5) is 27.8. The number of pyridine rings is 2. The van der Waals surface area contributed by atoms with Crippen molar-refractivity contribution in [3.05, 3.63) is 135 Å². The van der Waals surface area contributed by atoms with Crippen LogP contribution in [0.15, 0.2) is 83.0 Å². The molecular weight excluding hydrogens is 1070 g/mol. The van der Waals surface area contributed by atoms with Gasteiger partial charge in [0.05, 0.1) is 31.8 Å². The molecule has 8 aromatic rings. The molecule has 6 nitrogen and oxygen atoms in total. The normalized spacial score (nSPS) is 9.64. The molecule has 56 heavy (non-hydrogen) atoms. The van der Waals surface area contributed by atoms with Gasteiger partial charge in [-0.05, 0) is 92.7 Å². The summed E-state index contributed by atoms with van der Waals surface area (Å²) in [6, 6.07) is 12.6. The largest absolute Gasteiger partial charge is 0.358 e. The molecule has 8 heterocycles. The Bertz CT molecular complexity index is 1900. The zero-order valence-electron chi connectivity index (χ0n) is 35.0. The van der Waals surface area contributed by atoms with Gasteiger partial charge >= 0.3 is 0 Å². The van der Waals surface area contributed by atoms with E-state index in [0.29, 0.717) is 23.7 Å². The third kappa shape index (κ3) is 16.9. The summed E-state index contributed by atoms with van der Waals surface area (Å²) in [5.74, 6) is 2.14. The molecule has 8 rings (SSSR count). The second kappa shape index (κ2) is 31.5. The van der Waals surface area contributed by atoms with E-state index in [1.54, 1.807) is 58.0 Å². The van der Waals surface area contributed by atoms with Crippen LogP contribution in [0.4, 0.5) is 0 Å². The Morgan fingerprint density at radius 2 is 0.839 bits per heavy atom. The number of nitrogens with zero attached hydrogens (tertiary/aromatic N) is 6. The average Bonchev–Trinajstić information content (AvgIpc) is 3.90. The summed E-state index contributed by atoms with van der Waals surface area (Å²) < 4.78 is 2.57. The zero-order chi connectivity index (χ0) is 34.2. The van der Waals surface area contributed by atoms with Gasteiger partial charge in [0.15, 0.2) is 0 Å². The van der Waals surface area contributed by atoms with Gasteiger partial charge in [-0.2, -0.15) is 0 Å². The maximum Gasteiger partial charge on any atom is 0.126 e. The van der Waals surface area contributed by atoms with Crippen molar-refractivity contribution in [1.82, 2.24) is 29.9 Å². The Morgan fingerprint density at radius 1 is 0.393 bits per heavy atom. The van der Waals surface area contributed by atoms with Crippen LogP contribution in [-0.2, 0) is 131 Å². The van der Waals surface area contributed by atoms with Crippen molar-refractivity contribution < 1.29 is 131 Å². The molecule has 292 valence electrons. The fraction of sp³-hybridized carbons (Fsp3) is 0.286. The topological polar surface area (TPSA) is 77.3 Å². The van der Waals surface area contributed by atoms with Crippen molar-refractivity contribution in [3.8, 4) is 0 Å². The minimum Gasteiger partial charge on any atom is -0.358 e. The predicted octanol–water partition coefficient (Wildman–Crippen LogP) is 14.3. The van der Waals surface area contributed by atoms with Gasteiger partial charge in [-0.25, -0.2) is 24.9 Å². The van der Waals surface area contributed by atoms with Crippen LogP contribution in [0.3, 0.4) is 0 Å². The van der Waals surface area contributed by atoms with Gasteiger partial charge in [0.2, 0.25) is 0 Å². The van der Waals surface area contributed by atoms with Crippen LogP contribution in [0.1, 0.15) is 102 Å². The van der Waals surface area contributed by atoms with E-state index in [4.69, 9.17) is 0 Å². The molecule has 0 spiro atoms. The summed E-state index contributed by atoms with van der Waals surface area (Å²) >= 11 is 6.87. The van der Waals surface area contributed by atoms with Gasteiger partial charge < -0.3 is 29.7 Å². The summed E-state index contributed by atoms with van der Waals surface area (Å²) in [6.07, 6.45) is 7.08. The Labute approximate surface area is 454 Å². The number of rotatable bonds is 4. The van der Waals surface area contributed by atoms with Crippen LogP contribution < -0.4 is 0 Å². The molecule has 8 aromatic heterocycles. The number of aromatic nitrogens is 6. The van der Waals surface area contributed by atoms with Crippen molar-refractivity contribution >= 4 is 86.2 Å². The molecule has 14 heteroatoms. The number of hydrogen-bond acceptors (Lipinski definition) is 10. The average molecular weight is 1130 g/mol. The van der Waals surface area contributed by atoms with Crippen molar-refractivity contribution in [2.75, 3.05) is 0 Å². The van der Waals surface area contributed by atoms with Crippen LogP contribution >= 0.6 is 45.3 Å². The molecule has 0 aliphatic carbocycles. The maximum absolute atomic E-state index is 4.30. The van der Waals surface area contributed by atoms with E-state index >= 15 is 0 Å². The van der Waals surface area contributed by atoms with E-state index in [1.807, 2.05) is 18.5 Å².